The van der Waals surface area contributed by atoms with Crippen LogP contribution in [0.3, 0.4) is 0 Å². The highest BCUT2D eigenvalue weighted by Gasteiger charge is 2.19. The molecule has 0 spiro atoms. The predicted octanol–water partition coefficient (Wildman–Crippen LogP) is 4.61. The average Bonchev–Trinajstić information content (AvgIpc) is 3.27. The number of hydrogen-bond donors (Lipinski definition) is 2. The van der Waals surface area contributed by atoms with Gasteiger partial charge in [0.1, 0.15) is 5.52 Å². The van der Waals surface area contributed by atoms with Gasteiger partial charge >= 0.3 is 5.69 Å². The van der Waals surface area contributed by atoms with Crippen molar-refractivity contribution in [3.05, 3.63) is 88.0 Å². The van der Waals surface area contributed by atoms with E-state index in [4.69, 9.17) is 21.4 Å². The number of nitro benzene ring substituents is 1. The van der Waals surface area contributed by atoms with Gasteiger partial charge in [0, 0.05) is 23.7 Å². The first-order valence-electron chi connectivity index (χ1n) is 10.4. The molecule has 0 aliphatic carbocycles. The van der Waals surface area contributed by atoms with Crippen LogP contribution in [0.25, 0.3) is 22.6 Å². The quantitative estimate of drug-likeness (QED) is 0.226. The summed E-state index contributed by atoms with van der Waals surface area (Å²) < 4.78 is 11.0. The molecule has 0 fully saturated rings. The maximum atomic E-state index is 12.5. The van der Waals surface area contributed by atoms with E-state index in [0.29, 0.717) is 12.4 Å². The van der Waals surface area contributed by atoms with Crippen molar-refractivity contribution in [3.8, 4) is 17.2 Å². The molecule has 0 radical (unpaired) electrons. The first-order chi connectivity index (χ1) is 16.4. The minimum Gasteiger partial charge on any atom is -0.487 e. The number of rotatable bonds is 7. The average molecular weight is 477 g/mol. The number of oxazole rings is 1. The Hall–Kier alpha value is -4.31. The van der Waals surface area contributed by atoms with Gasteiger partial charge in [-0.05, 0) is 61.1 Å². The van der Waals surface area contributed by atoms with Gasteiger partial charge in [0.25, 0.3) is 5.91 Å². The Morgan fingerprint density at radius 1 is 1.15 bits per heavy atom. The number of hydrogen-bond acceptors (Lipinski definition) is 7. The Balaban J connectivity index is 1.35. The molecule has 2 N–H and O–H groups in total. The van der Waals surface area contributed by atoms with E-state index in [1.807, 2.05) is 48.5 Å². The molecule has 4 aromatic rings. The molecular weight excluding hydrogens is 456 g/mol. The van der Waals surface area contributed by atoms with Crippen molar-refractivity contribution in [1.29, 1.82) is 0 Å². The maximum Gasteiger partial charge on any atom is 0.311 e. The molecule has 4 rings (SSSR count). The zero-order valence-electron chi connectivity index (χ0n) is 18.1. The van der Waals surface area contributed by atoms with Gasteiger partial charge in [0.15, 0.2) is 16.4 Å². The van der Waals surface area contributed by atoms with Crippen molar-refractivity contribution in [2.24, 2.45) is 0 Å². The second-order valence-electron chi connectivity index (χ2n) is 7.19. The molecule has 172 valence electrons. The summed E-state index contributed by atoms with van der Waals surface area (Å²) in [5.41, 5.74) is 3.10. The molecule has 0 unspecified atom stereocenters. The van der Waals surface area contributed by atoms with Crippen LogP contribution < -0.4 is 15.4 Å². The normalized spacial score (nSPS) is 10.6. The van der Waals surface area contributed by atoms with Gasteiger partial charge in [0.05, 0.1) is 11.5 Å². The van der Waals surface area contributed by atoms with Crippen LogP contribution in [0.15, 0.2) is 71.1 Å². The maximum absolute atomic E-state index is 12.5. The summed E-state index contributed by atoms with van der Waals surface area (Å²) in [6.07, 6.45) is 0. The summed E-state index contributed by atoms with van der Waals surface area (Å²) in [5.74, 6) is 0.0777. The van der Waals surface area contributed by atoms with E-state index in [-0.39, 0.29) is 28.7 Å². The van der Waals surface area contributed by atoms with Crippen LogP contribution in [0.2, 0.25) is 0 Å². The third-order valence-corrected chi connectivity index (χ3v) is 5.14. The first-order valence-corrected chi connectivity index (χ1v) is 10.8. The minimum absolute atomic E-state index is 0.0991. The highest BCUT2D eigenvalue weighted by Crippen LogP contribution is 2.28. The molecule has 9 nitrogen and oxygen atoms in total. The highest BCUT2D eigenvalue weighted by atomic mass is 32.1. The number of nitrogens with one attached hydrogen (secondary N) is 2. The molecule has 10 heteroatoms. The number of aromatic nitrogens is 1. The molecule has 0 saturated heterocycles. The zero-order valence-corrected chi connectivity index (χ0v) is 18.9. The Labute approximate surface area is 199 Å². The van der Waals surface area contributed by atoms with E-state index in [1.165, 1.54) is 12.1 Å². The Kier molecular flexibility index (Phi) is 6.79. The summed E-state index contributed by atoms with van der Waals surface area (Å²) in [6, 6.07) is 19.1. The topological polar surface area (TPSA) is 120 Å². The summed E-state index contributed by atoms with van der Waals surface area (Å²) in [4.78, 5) is 27.6. The molecule has 0 atom stereocenters. The molecule has 0 saturated carbocycles. The summed E-state index contributed by atoms with van der Waals surface area (Å²) >= 11 is 5.19. The van der Waals surface area contributed by atoms with E-state index in [1.54, 1.807) is 6.92 Å². The van der Waals surface area contributed by atoms with E-state index < -0.39 is 10.8 Å². The monoisotopic (exact) mass is 476 g/mol. The third kappa shape index (κ3) is 5.18. The van der Waals surface area contributed by atoms with Crippen LogP contribution in [0.4, 0.5) is 5.69 Å². The molecule has 0 aliphatic heterocycles. The van der Waals surface area contributed by atoms with Crippen LogP contribution >= 0.6 is 12.2 Å². The van der Waals surface area contributed by atoms with Gasteiger partial charge in [-0.25, -0.2) is 4.98 Å². The lowest BCUT2D eigenvalue weighted by Gasteiger charge is -2.10. The number of nitro groups is 1. The fraction of sp³-hybridized carbons (Fsp3) is 0.125. The molecule has 1 amide bonds. The van der Waals surface area contributed by atoms with Crippen LogP contribution in [-0.4, -0.2) is 27.5 Å². The number of fused-ring (bicyclic) bond motifs is 1. The van der Waals surface area contributed by atoms with Crippen LogP contribution in [-0.2, 0) is 6.54 Å². The smallest absolute Gasteiger partial charge is 0.311 e. The minimum atomic E-state index is -0.594. The van der Waals surface area contributed by atoms with Gasteiger partial charge < -0.3 is 14.5 Å². The fourth-order valence-electron chi connectivity index (χ4n) is 3.24. The molecular formula is C24H20N4O5S. The molecule has 1 heterocycles. The Morgan fingerprint density at radius 3 is 2.62 bits per heavy atom. The van der Waals surface area contributed by atoms with Gasteiger partial charge in [-0.3, -0.25) is 20.2 Å². The van der Waals surface area contributed by atoms with Gasteiger partial charge in [-0.1, -0.05) is 24.3 Å². The SMILES string of the molecule is CCOc1ccc(C(=O)NC(=S)NCc2ccc(-c3nc4ccccc4o3)cc2)cc1[N+](=O)[O-]. The lowest BCUT2D eigenvalue weighted by molar-refractivity contribution is -0.385. The predicted molar refractivity (Wildman–Crippen MR) is 131 cm³/mol. The summed E-state index contributed by atoms with van der Waals surface area (Å²) in [7, 11) is 0. The number of nitrogens with zero attached hydrogens (tertiary/aromatic N) is 2. The van der Waals surface area contributed by atoms with Gasteiger partial charge in [0.2, 0.25) is 5.89 Å². The van der Waals surface area contributed by atoms with Crippen LogP contribution in [0.1, 0.15) is 22.8 Å². The standard InChI is InChI=1S/C24H20N4O5S/c1-2-32-21-12-11-17(13-19(21)28(30)31)22(29)27-24(34)25-14-15-7-9-16(10-8-15)23-26-18-5-3-4-6-20(18)33-23/h3-13H,2,14H2,1H3,(H2,25,27,29,34). The number of benzene rings is 3. The number of thiocarbonyl (C=S) groups is 1. The third-order valence-electron chi connectivity index (χ3n) is 4.89. The van der Waals surface area contributed by atoms with Gasteiger partial charge in [-0.15, -0.1) is 0 Å². The Morgan fingerprint density at radius 2 is 1.91 bits per heavy atom. The van der Waals surface area contributed by atoms with Crippen LogP contribution in [0.5, 0.6) is 5.75 Å². The fourth-order valence-corrected chi connectivity index (χ4v) is 3.41. The van der Waals surface area contributed by atoms with Crippen molar-refractivity contribution in [1.82, 2.24) is 15.6 Å². The zero-order chi connectivity index (χ0) is 24.1. The molecule has 0 bridgehead atoms. The second kappa shape index (κ2) is 10.1. The van der Waals surface area contributed by atoms with Crippen molar-refractivity contribution in [3.63, 3.8) is 0 Å². The summed E-state index contributed by atoms with van der Waals surface area (Å²) in [5, 5.41) is 16.8. The molecule has 3 aromatic carbocycles. The van der Waals surface area contributed by atoms with Gasteiger partial charge in [-0.2, -0.15) is 0 Å². The molecule has 34 heavy (non-hydrogen) atoms. The number of carbonyl (C=O) groups is 1. The molecule has 0 aliphatic rings. The van der Waals surface area contributed by atoms with E-state index >= 15 is 0 Å². The van der Waals surface area contributed by atoms with Crippen molar-refractivity contribution >= 4 is 40.0 Å². The first kappa shape index (κ1) is 22.9. The highest BCUT2D eigenvalue weighted by molar-refractivity contribution is 7.80. The molecule has 1 aromatic heterocycles. The lowest BCUT2D eigenvalue weighted by atomic mass is 10.1. The summed E-state index contributed by atoms with van der Waals surface area (Å²) in [6.45, 7) is 2.37. The van der Waals surface area contributed by atoms with Crippen molar-refractivity contribution in [2.75, 3.05) is 6.61 Å². The van der Waals surface area contributed by atoms with E-state index in [9.17, 15) is 14.9 Å². The largest absolute Gasteiger partial charge is 0.487 e. The number of amides is 1. The van der Waals surface area contributed by atoms with Crippen molar-refractivity contribution < 1.29 is 18.9 Å². The van der Waals surface area contributed by atoms with E-state index in [2.05, 4.69) is 15.6 Å². The second-order valence-corrected chi connectivity index (χ2v) is 7.60. The number of carbonyl (C=O) groups excluding carboxylic acids is 1. The number of ether oxygens (including phenoxy) is 1. The van der Waals surface area contributed by atoms with Crippen LogP contribution in [0, 0.1) is 10.1 Å². The lowest BCUT2D eigenvalue weighted by Crippen LogP contribution is -2.38. The Bertz CT molecular complexity index is 1330. The van der Waals surface area contributed by atoms with E-state index in [0.717, 1.165) is 28.3 Å². The number of para-hydroxylation sites is 2. The van der Waals surface area contributed by atoms with Crippen molar-refractivity contribution in [2.45, 2.75) is 13.5 Å².